The van der Waals surface area contributed by atoms with Gasteiger partial charge >= 0.3 is 6.03 Å². The van der Waals surface area contributed by atoms with Crippen LogP contribution in [0.4, 0.5) is 10.5 Å². The van der Waals surface area contributed by atoms with E-state index in [1.165, 1.54) is 6.08 Å². The molecule has 4 amide bonds. The fourth-order valence-corrected chi connectivity index (χ4v) is 4.15. The maximum atomic E-state index is 13.4. The minimum absolute atomic E-state index is 0.187. The molecular formula is C31H30N2O6. The van der Waals surface area contributed by atoms with Crippen molar-refractivity contribution in [3.63, 3.8) is 0 Å². The van der Waals surface area contributed by atoms with Gasteiger partial charge in [-0.1, -0.05) is 36.4 Å². The summed E-state index contributed by atoms with van der Waals surface area (Å²) in [6, 6.07) is 18.9. The SMILES string of the molecule is C=CCc1cc(/C=C2\C(=O)NC(=O)N(c3ccc(OCC)cc3)C2=O)cc(OCC)c1OCc1ccccc1. The molecule has 39 heavy (non-hydrogen) atoms. The van der Waals surface area contributed by atoms with Gasteiger partial charge in [0.05, 0.1) is 18.9 Å². The first-order valence-corrected chi connectivity index (χ1v) is 12.7. The van der Waals surface area contributed by atoms with Gasteiger partial charge in [0.15, 0.2) is 11.5 Å². The zero-order valence-electron chi connectivity index (χ0n) is 21.9. The number of nitrogens with zero attached hydrogens (tertiary/aromatic N) is 1. The van der Waals surface area contributed by atoms with Crippen LogP contribution in [-0.4, -0.2) is 31.1 Å². The predicted molar refractivity (Wildman–Crippen MR) is 149 cm³/mol. The molecule has 0 radical (unpaired) electrons. The van der Waals surface area contributed by atoms with Gasteiger partial charge in [0.25, 0.3) is 11.8 Å². The fraction of sp³-hybridized carbons (Fsp3) is 0.194. The lowest BCUT2D eigenvalue weighted by atomic mass is 10.0. The Balaban J connectivity index is 1.69. The Morgan fingerprint density at radius 1 is 0.897 bits per heavy atom. The highest BCUT2D eigenvalue weighted by Gasteiger charge is 2.37. The molecule has 0 saturated carbocycles. The molecule has 1 N–H and O–H groups in total. The van der Waals surface area contributed by atoms with Gasteiger partial charge in [0.2, 0.25) is 0 Å². The molecule has 1 fully saturated rings. The Kier molecular flexibility index (Phi) is 8.78. The minimum atomic E-state index is -0.821. The minimum Gasteiger partial charge on any atom is -0.494 e. The number of imide groups is 2. The molecule has 1 aliphatic rings. The largest absolute Gasteiger partial charge is 0.494 e. The number of hydrogen-bond donors (Lipinski definition) is 1. The zero-order chi connectivity index (χ0) is 27.8. The van der Waals surface area contributed by atoms with Crippen LogP contribution in [0.3, 0.4) is 0 Å². The van der Waals surface area contributed by atoms with Crippen molar-refractivity contribution in [2.24, 2.45) is 0 Å². The average molecular weight is 527 g/mol. The van der Waals surface area contributed by atoms with E-state index < -0.39 is 17.8 Å². The second-order valence-electron chi connectivity index (χ2n) is 8.59. The highest BCUT2D eigenvalue weighted by molar-refractivity contribution is 6.39. The Bertz CT molecular complexity index is 1400. The topological polar surface area (TPSA) is 94.2 Å². The van der Waals surface area contributed by atoms with Crippen LogP contribution in [-0.2, 0) is 22.6 Å². The van der Waals surface area contributed by atoms with E-state index in [0.29, 0.717) is 54.7 Å². The van der Waals surface area contributed by atoms with E-state index in [1.54, 1.807) is 36.4 Å². The fourth-order valence-electron chi connectivity index (χ4n) is 4.15. The van der Waals surface area contributed by atoms with Crippen molar-refractivity contribution in [2.75, 3.05) is 18.1 Å². The third kappa shape index (κ3) is 6.35. The maximum absolute atomic E-state index is 13.4. The highest BCUT2D eigenvalue weighted by atomic mass is 16.5. The van der Waals surface area contributed by atoms with Crippen LogP contribution >= 0.6 is 0 Å². The summed E-state index contributed by atoms with van der Waals surface area (Å²) in [4.78, 5) is 39.7. The second kappa shape index (κ2) is 12.6. The molecule has 8 heteroatoms. The van der Waals surface area contributed by atoms with Crippen molar-refractivity contribution >= 4 is 29.6 Å². The molecule has 3 aromatic carbocycles. The molecule has 0 aliphatic carbocycles. The van der Waals surface area contributed by atoms with Gasteiger partial charge in [0, 0.05) is 5.56 Å². The third-order valence-corrected chi connectivity index (χ3v) is 5.86. The summed E-state index contributed by atoms with van der Waals surface area (Å²) in [7, 11) is 0. The number of allylic oxidation sites excluding steroid dienone is 1. The number of amides is 4. The lowest BCUT2D eigenvalue weighted by Gasteiger charge is -2.26. The number of nitrogens with one attached hydrogen (secondary N) is 1. The number of barbiturate groups is 1. The first kappa shape index (κ1) is 27.2. The lowest BCUT2D eigenvalue weighted by molar-refractivity contribution is -0.122. The van der Waals surface area contributed by atoms with Gasteiger partial charge in [-0.2, -0.15) is 0 Å². The van der Waals surface area contributed by atoms with E-state index in [9.17, 15) is 14.4 Å². The van der Waals surface area contributed by atoms with Crippen LogP contribution in [0.5, 0.6) is 17.2 Å². The Hall–Kier alpha value is -4.85. The van der Waals surface area contributed by atoms with Crippen LogP contribution in [0.25, 0.3) is 6.08 Å². The highest BCUT2D eigenvalue weighted by Crippen LogP contribution is 2.36. The average Bonchev–Trinajstić information content (AvgIpc) is 2.92. The van der Waals surface area contributed by atoms with Crippen molar-refractivity contribution in [3.05, 3.63) is 102 Å². The van der Waals surface area contributed by atoms with Crippen molar-refractivity contribution < 1.29 is 28.6 Å². The van der Waals surface area contributed by atoms with Gasteiger partial charge < -0.3 is 14.2 Å². The standard InChI is InChI=1S/C31H30N2O6/c1-4-10-23-17-22(19-27(38-6-3)28(23)39-20-21-11-8-7-9-12-21)18-26-29(34)32-31(36)33(30(26)35)24-13-15-25(16-14-24)37-5-2/h4,7-9,11-19H,1,5-6,10,20H2,2-3H3,(H,32,34,36)/b26-18+. The van der Waals surface area contributed by atoms with E-state index in [0.717, 1.165) is 16.0 Å². The number of benzene rings is 3. The van der Waals surface area contributed by atoms with Crippen molar-refractivity contribution in [3.8, 4) is 17.2 Å². The summed E-state index contributed by atoms with van der Waals surface area (Å²) in [5.74, 6) is 0.127. The number of carbonyl (C=O) groups excluding carboxylic acids is 3. The second-order valence-corrected chi connectivity index (χ2v) is 8.59. The quantitative estimate of drug-likeness (QED) is 0.203. The number of urea groups is 1. The number of ether oxygens (including phenoxy) is 3. The molecule has 0 aromatic heterocycles. The van der Waals surface area contributed by atoms with Gasteiger partial charge in [-0.05, 0) is 73.9 Å². The van der Waals surface area contributed by atoms with E-state index in [2.05, 4.69) is 11.9 Å². The Morgan fingerprint density at radius 3 is 2.28 bits per heavy atom. The van der Waals surface area contributed by atoms with Crippen molar-refractivity contribution in [2.45, 2.75) is 26.9 Å². The van der Waals surface area contributed by atoms with Crippen molar-refractivity contribution in [1.82, 2.24) is 5.32 Å². The van der Waals surface area contributed by atoms with Crippen LogP contribution in [0.2, 0.25) is 0 Å². The monoisotopic (exact) mass is 526 g/mol. The van der Waals surface area contributed by atoms with E-state index in [4.69, 9.17) is 14.2 Å². The van der Waals surface area contributed by atoms with Gasteiger partial charge in [-0.15, -0.1) is 6.58 Å². The molecular weight excluding hydrogens is 496 g/mol. The molecule has 0 unspecified atom stereocenters. The van der Waals surface area contributed by atoms with E-state index in [-0.39, 0.29) is 5.57 Å². The Morgan fingerprint density at radius 2 is 1.62 bits per heavy atom. The van der Waals surface area contributed by atoms with E-state index >= 15 is 0 Å². The molecule has 4 rings (SSSR count). The molecule has 8 nitrogen and oxygen atoms in total. The normalized spacial score (nSPS) is 14.3. The number of anilines is 1. The molecule has 0 spiro atoms. The maximum Gasteiger partial charge on any atom is 0.335 e. The summed E-state index contributed by atoms with van der Waals surface area (Å²) in [5.41, 5.74) is 2.45. The van der Waals surface area contributed by atoms with E-state index in [1.807, 2.05) is 50.2 Å². The van der Waals surface area contributed by atoms with Crippen LogP contribution in [0, 0.1) is 0 Å². The van der Waals surface area contributed by atoms with Gasteiger partial charge in [-0.25, -0.2) is 9.69 Å². The summed E-state index contributed by atoms with van der Waals surface area (Å²) >= 11 is 0. The van der Waals surface area contributed by atoms with Crippen molar-refractivity contribution in [1.29, 1.82) is 0 Å². The van der Waals surface area contributed by atoms with Gasteiger partial charge in [0.1, 0.15) is 17.9 Å². The molecule has 0 atom stereocenters. The molecule has 1 heterocycles. The summed E-state index contributed by atoms with van der Waals surface area (Å²) < 4.78 is 17.5. The van der Waals surface area contributed by atoms with Crippen LogP contribution in [0.1, 0.15) is 30.5 Å². The zero-order valence-corrected chi connectivity index (χ0v) is 21.9. The van der Waals surface area contributed by atoms with Crippen LogP contribution < -0.4 is 24.4 Å². The smallest absolute Gasteiger partial charge is 0.335 e. The molecule has 0 bridgehead atoms. The lowest BCUT2D eigenvalue weighted by Crippen LogP contribution is -2.54. The molecule has 3 aromatic rings. The third-order valence-electron chi connectivity index (χ3n) is 5.86. The first-order chi connectivity index (χ1) is 18.9. The molecule has 200 valence electrons. The number of carbonyl (C=O) groups is 3. The van der Waals surface area contributed by atoms with Gasteiger partial charge in [-0.3, -0.25) is 14.9 Å². The summed E-state index contributed by atoms with van der Waals surface area (Å²) in [6.07, 6.45) is 3.65. The summed E-state index contributed by atoms with van der Waals surface area (Å²) in [5, 5.41) is 2.25. The number of rotatable bonds is 11. The molecule has 1 aliphatic heterocycles. The van der Waals surface area contributed by atoms with Crippen LogP contribution in [0.15, 0.2) is 85.0 Å². The number of hydrogen-bond acceptors (Lipinski definition) is 6. The predicted octanol–water partition coefficient (Wildman–Crippen LogP) is 5.46. The summed E-state index contributed by atoms with van der Waals surface area (Å²) in [6.45, 7) is 8.77. The molecule has 1 saturated heterocycles. The Labute approximate surface area is 227 Å². The first-order valence-electron chi connectivity index (χ1n) is 12.7.